The molecule has 0 aliphatic carbocycles. The van der Waals surface area contributed by atoms with E-state index in [4.69, 9.17) is 5.53 Å². The molecule has 0 atom stereocenters. The zero-order valence-corrected chi connectivity index (χ0v) is 6.73. The Hall–Kier alpha value is -1.26. The molecule has 0 saturated carbocycles. The lowest BCUT2D eigenvalue weighted by molar-refractivity contribution is -0.124. The minimum Gasteiger partial charge on any atom is -0.354 e. The monoisotopic (exact) mass is 169 g/mol. The number of nitrogens with zero attached hydrogens (tertiary/aromatic N) is 4. The summed E-state index contributed by atoms with van der Waals surface area (Å²) in [5.74, 6) is 0.0437. The molecule has 0 aromatic rings. The van der Waals surface area contributed by atoms with Gasteiger partial charge in [-0.1, -0.05) is 5.11 Å². The third-order valence-electron chi connectivity index (χ3n) is 1.70. The second-order valence-corrected chi connectivity index (χ2v) is 2.58. The van der Waals surface area contributed by atoms with Crippen molar-refractivity contribution >= 4 is 5.91 Å². The Bertz CT molecular complexity index is 210. The summed E-state index contributed by atoms with van der Waals surface area (Å²) < 4.78 is 0. The van der Waals surface area contributed by atoms with Crippen molar-refractivity contribution in [2.45, 2.75) is 0 Å². The van der Waals surface area contributed by atoms with Crippen molar-refractivity contribution in [2.24, 2.45) is 5.11 Å². The van der Waals surface area contributed by atoms with Gasteiger partial charge in [0.25, 0.3) is 0 Å². The molecule has 1 saturated heterocycles. The first-order chi connectivity index (χ1) is 5.83. The molecular weight excluding hydrogens is 158 g/mol. The van der Waals surface area contributed by atoms with E-state index in [9.17, 15) is 4.79 Å². The lowest BCUT2D eigenvalue weighted by atomic mass is 10.3. The van der Waals surface area contributed by atoms with E-state index in [0.717, 1.165) is 6.54 Å². The number of carbonyl (C=O) groups is 1. The largest absolute Gasteiger partial charge is 0.354 e. The lowest BCUT2D eigenvalue weighted by Gasteiger charge is -2.25. The maximum Gasteiger partial charge on any atom is 0.234 e. The van der Waals surface area contributed by atoms with Crippen LogP contribution in [-0.2, 0) is 4.79 Å². The zero-order chi connectivity index (χ0) is 8.81. The van der Waals surface area contributed by atoms with Gasteiger partial charge >= 0.3 is 0 Å². The van der Waals surface area contributed by atoms with E-state index >= 15 is 0 Å². The highest BCUT2D eigenvalue weighted by Gasteiger charge is 2.14. The summed E-state index contributed by atoms with van der Waals surface area (Å²) in [5, 5.41) is 6.12. The molecule has 1 aliphatic heterocycles. The van der Waals surface area contributed by atoms with Crippen LogP contribution in [0, 0.1) is 0 Å². The molecule has 0 bridgehead atoms. The van der Waals surface area contributed by atoms with E-state index in [2.05, 4.69) is 15.3 Å². The second kappa shape index (κ2) is 4.58. The van der Waals surface area contributed by atoms with E-state index in [1.165, 1.54) is 0 Å². The Labute approximate surface area is 70.2 Å². The summed E-state index contributed by atoms with van der Waals surface area (Å²) in [6.45, 7) is 3.05. The minimum absolute atomic E-state index is 0.0437. The third-order valence-corrected chi connectivity index (χ3v) is 1.70. The molecule has 0 aromatic heterocycles. The number of hydrogen-bond acceptors (Lipinski definition) is 3. The van der Waals surface area contributed by atoms with Gasteiger partial charge < -0.3 is 5.32 Å². The highest BCUT2D eigenvalue weighted by atomic mass is 16.2. The molecule has 0 aromatic carbocycles. The van der Waals surface area contributed by atoms with Crippen molar-refractivity contribution in [1.29, 1.82) is 0 Å². The standard InChI is InChI=1S/C6H11N5O/c7-10-9-2-4-11-3-1-8-6(12)5-11/h1-5H2,(H,8,12). The molecule has 1 fully saturated rings. The normalized spacial score (nSPS) is 18.2. The summed E-state index contributed by atoms with van der Waals surface area (Å²) in [5.41, 5.74) is 8.01. The average molecular weight is 169 g/mol. The van der Waals surface area contributed by atoms with Crippen molar-refractivity contribution in [3.8, 4) is 0 Å². The predicted molar refractivity (Wildman–Crippen MR) is 43.5 cm³/mol. The van der Waals surface area contributed by atoms with Gasteiger partial charge in [-0.05, 0) is 5.53 Å². The van der Waals surface area contributed by atoms with E-state index in [1.54, 1.807) is 0 Å². The van der Waals surface area contributed by atoms with Gasteiger partial charge in [-0.25, -0.2) is 0 Å². The number of amides is 1. The van der Waals surface area contributed by atoms with Gasteiger partial charge in [0, 0.05) is 31.1 Å². The first-order valence-corrected chi connectivity index (χ1v) is 3.83. The van der Waals surface area contributed by atoms with Crippen LogP contribution in [0.1, 0.15) is 0 Å². The first kappa shape index (κ1) is 8.83. The molecule has 6 nitrogen and oxygen atoms in total. The molecule has 12 heavy (non-hydrogen) atoms. The number of nitrogens with one attached hydrogen (secondary N) is 1. The van der Waals surface area contributed by atoms with Crippen LogP contribution in [-0.4, -0.2) is 43.5 Å². The zero-order valence-electron chi connectivity index (χ0n) is 6.73. The average Bonchev–Trinajstić information content (AvgIpc) is 2.05. The van der Waals surface area contributed by atoms with Crippen LogP contribution in [0.3, 0.4) is 0 Å². The molecule has 0 unspecified atom stereocenters. The van der Waals surface area contributed by atoms with Crippen LogP contribution in [0.5, 0.6) is 0 Å². The van der Waals surface area contributed by atoms with E-state index in [-0.39, 0.29) is 5.91 Å². The fourth-order valence-electron chi connectivity index (χ4n) is 1.11. The third kappa shape index (κ3) is 2.77. The van der Waals surface area contributed by atoms with Crippen LogP contribution in [0.2, 0.25) is 0 Å². The molecule has 1 N–H and O–H groups in total. The van der Waals surface area contributed by atoms with Crippen LogP contribution in [0.25, 0.3) is 10.4 Å². The summed E-state index contributed by atoms with van der Waals surface area (Å²) in [6.07, 6.45) is 0. The Morgan fingerprint density at radius 2 is 2.58 bits per heavy atom. The second-order valence-electron chi connectivity index (χ2n) is 2.58. The molecule has 1 aliphatic rings. The maximum atomic E-state index is 10.8. The fraction of sp³-hybridized carbons (Fsp3) is 0.833. The van der Waals surface area contributed by atoms with Gasteiger partial charge in [-0.3, -0.25) is 9.69 Å². The highest BCUT2D eigenvalue weighted by Crippen LogP contribution is 1.92. The van der Waals surface area contributed by atoms with Gasteiger partial charge in [-0.2, -0.15) is 0 Å². The van der Waals surface area contributed by atoms with Crippen molar-refractivity contribution in [2.75, 3.05) is 32.7 Å². The Morgan fingerprint density at radius 3 is 3.25 bits per heavy atom. The Kier molecular flexibility index (Phi) is 3.37. The van der Waals surface area contributed by atoms with E-state index in [1.807, 2.05) is 4.90 Å². The topological polar surface area (TPSA) is 81.1 Å². The van der Waals surface area contributed by atoms with Crippen molar-refractivity contribution in [3.63, 3.8) is 0 Å². The number of azide groups is 1. The van der Waals surface area contributed by atoms with Crippen LogP contribution < -0.4 is 5.32 Å². The van der Waals surface area contributed by atoms with Crippen LogP contribution >= 0.6 is 0 Å². The van der Waals surface area contributed by atoms with E-state index < -0.39 is 0 Å². The molecule has 0 spiro atoms. The smallest absolute Gasteiger partial charge is 0.234 e. The number of carbonyl (C=O) groups excluding carboxylic acids is 1. The van der Waals surface area contributed by atoms with Crippen LogP contribution in [0.15, 0.2) is 5.11 Å². The maximum absolute atomic E-state index is 10.8. The van der Waals surface area contributed by atoms with Gasteiger partial charge in [0.2, 0.25) is 5.91 Å². The molecule has 1 heterocycles. The molecule has 0 radical (unpaired) electrons. The van der Waals surface area contributed by atoms with Gasteiger partial charge in [-0.15, -0.1) is 0 Å². The summed E-state index contributed by atoms with van der Waals surface area (Å²) in [7, 11) is 0. The molecule has 6 heteroatoms. The summed E-state index contributed by atoms with van der Waals surface area (Å²) in [6, 6.07) is 0. The van der Waals surface area contributed by atoms with Crippen molar-refractivity contribution < 1.29 is 4.79 Å². The first-order valence-electron chi connectivity index (χ1n) is 3.83. The van der Waals surface area contributed by atoms with Gasteiger partial charge in [0.1, 0.15) is 0 Å². The molecular formula is C6H11N5O. The summed E-state index contributed by atoms with van der Waals surface area (Å²) in [4.78, 5) is 15.5. The van der Waals surface area contributed by atoms with Gasteiger partial charge in [0.05, 0.1) is 6.54 Å². The Morgan fingerprint density at radius 1 is 1.75 bits per heavy atom. The van der Waals surface area contributed by atoms with Gasteiger partial charge in [0.15, 0.2) is 0 Å². The minimum atomic E-state index is 0.0437. The SMILES string of the molecule is [N-]=[N+]=NCCN1CCNC(=O)C1. The van der Waals surface area contributed by atoms with Crippen molar-refractivity contribution in [1.82, 2.24) is 10.2 Å². The quantitative estimate of drug-likeness (QED) is 0.358. The predicted octanol–water partition coefficient (Wildman–Crippen LogP) is -0.272. The number of piperazine rings is 1. The lowest BCUT2D eigenvalue weighted by Crippen LogP contribution is -2.48. The highest BCUT2D eigenvalue weighted by molar-refractivity contribution is 5.78. The Balaban J connectivity index is 2.22. The van der Waals surface area contributed by atoms with Crippen molar-refractivity contribution in [3.05, 3.63) is 10.4 Å². The number of hydrogen-bond donors (Lipinski definition) is 1. The van der Waals surface area contributed by atoms with E-state index in [0.29, 0.717) is 26.2 Å². The fourth-order valence-corrected chi connectivity index (χ4v) is 1.11. The molecule has 1 rings (SSSR count). The molecule has 1 amide bonds. The molecule has 66 valence electrons. The van der Waals surface area contributed by atoms with Crippen LogP contribution in [0.4, 0.5) is 0 Å². The number of rotatable bonds is 3. The summed E-state index contributed by atoms with van der Waals surface area (Å²) >= 11 is 0.